The third-order valence-electron chi connectivity index (χ3n) is 4.14. The fourth-order valence-electron chi connectivity index (χ4n) is 2.61. The van der Waals surface area contributed by atoms with Gasteiger partial charge in [0.1, 0.15) is 11.6 Å². The van der Waals surface area contributed by atoms with E-state index in [-0.39, 0.29) is 17.9 Å². The van der Waals surface area contributed by atoms with Crippen LogP contribution in [0.3, 0.4) is 0 Å². The van der Waals surface area contributed by atoms with Crippen LogP contribution in [0.1, 0.15) is 42.3 Å². The second-order valence-corrected chi connectivity index (χ2v) is 7.70. The largest absolute Gasteiger partial charge is 0.493 e. The first kappa shape index (κ1) is 24.4. The second kappa shape index (κ2) is 12.1. The molecular formula is C23H28ClFN4O2. The van der Waals surface area contributed by atoms with Crippen LogP contribution in [0.2, 0.25) is 5.02 Å². The lowest BCUT2D eigenvalue weighted by Gasteiger charge is -2.14. The van der Waals surface area contributed by atoms with Gasteiger partial charge in [0, 0.05) is 17.1 Å². The summed E-state index contributed by atoms with van der Waals surface area (Å²) in [5.41, 5.74) is 9.75. The van der Waals surface area contributed by atoms with Crippen LogP contribution in [0.25, 0.3) is 0 Å². The maximum absolute atomic E-state index is 14.2. The number of halogens is 2. The minimum absolute atomic E-state index is 0.0892. The van der Waals surface area contributed by atoms with E-state index in [1.54, 1.807) is 37.3 Å². The highest BCUT2D eigenvalue weighted by Gasteiger charge is 2.13. The SMILES string of the molecule is C/C=C/C(=N\NCc1cc(Cl)ccc1OCC(C)C)NC(=O)c1ccc(CN)cc1F. The number of hydrogen-bond acceptors (Lipinski definition) is 5. The summed E-state index contributed by atoms with van der Waals surface area (Å²) in [4.78, 5) is 12.5. The quantitative estimate of drug-likeness (QED) is 0.303. The molecule has 1 amide bonds. The van der Waals surface area contributed by atoms with Crippen molar-refractivity contribution in [3.8, 4) is 5.75 Å². The molecule has 2 aromatic rings. The Hall–Kier alpha value is -2.90. The van der Waals surface area contributed by atoms with Crippen LogP contribution in [0, 0.1) is 11.7 Å². The highest BCUT2D eigenvalue weighted by molar-refractivity contribution is 6.30. The number of nitrogens with two attached hydrogens (primary N) is 1. The number of nitrogens with zero attached hydrogens (tertiary/aromatic N) is 1. The lowest BCUT2D eigenvalue weighted by Crippen LogP contribution is -2.31. The van der Waals surface area contributed by atoms with Crippen molar-refractivity contribution in [2.24, 2.45) is 16.8 Å². The molecule has 0 aliphatic carbocycles. The molecule has 0 fully saturated rings. The van der Waals surface area contributed by atoms with Crippen molar-refractivity contribution in [2.45, 2.75) is 33.9 Å². The molecule has 31 heavy (non-hydrogen) atoms. The smallest absolute Gasteiger partial charge is 0.259 e. The first-order valence-corrected chi connectivity index (χ1v) is 10.4. The number of amidine groups is 1. The molecule has 8 heteroatoms. The van der Waals surface area contributed by atoms with E-state index in [1.807, 2.05) is 6.07 Å². The number of ether oxygens (including phenoxy) is 1. The van der Waals surface area contributed by atoms with Gasteiger partial charge >= 0.3 is 0 Å². The van der Waals surface area contributed by atoms with Gasteiger partial charge in [-0.3, -0.25) is 4.79 Å². The molecule has 0 aromatic heterocycles. The highest BCUT2D eigenvalue weighted by Crippen LogP contribution is 2.23. The average molecular weight is 447 g/mol. The molecule has 166 valence electrons. The fourth-order valence-corrected chi connectivity index (χ4v) is 2.81. The zero-order valence-electron chi connectivity index (χ0n) is 17.9. The minimum atomic E-state index is -0.640. The molecule has 0 heterocycles. The van der Waals surface area contributed by atoms with Crippen molar-refractivity contribution >= 4 is 23.3 Å². The van der Waals surface area contributed by atoms with Gasteiger partial charge in [0.25, 0.3) is 5.91 Å². The summed E-state index contributed by atoms with van der Waals surface area (Å²) in [6, 6.07) is 9.63. The van der Waals surface area contributed by atoms with Crippen molar-refractivity contribution in [3.63, 3.8) is 0 Å². The topological polar surface area (TPSA) is 88.7 Å². The first-order valence-electron chi connectivity index (χ1n) is 9.98. The van der Waals surface area contributed by atoms with Crippen LogP contribution in [0.5, 0.6) is 5.75 Å². The second-order valence-electron chi connectivity index (χ2n) is 7.26. The van der Waals surface area contributed by atoms with Crippen molar-refractivity contribution in [1.29, 1.82) is 0 Å². The van der Waals surface area contributed by atoms with Gasteiger partial charge in [0.2, 0.25) is 0 Å². The number of hydrazone groups is 1. The summed E-state index contributed by atoms with van der Waals surface area (Å²) in [5.74, 6) is 0.0776. The Kier molecular flexibility index (Phi) is 9.49. The molecule has 0 unspecified atom stereocenters. The normalized spacial score (nSPS) is 11.8. The summed E-state index contributed by atoms with van der Waals surface area (Å²) in [5, 5.41) is 7.39. The Labute approximate surface area is 187 Å². The molecule has 2 aromatic carbocycles. The van der Waals surface area contributed by atoms with E-state index in [1.165, 1.54) is 12.1 Å². The Balaban J connectivity index is 2.10. The molecule has 0 saturated carbocycles. The summed E-state index contributed by atoms with van der Waals surface area (Å²) >= 11 is 6.11. The van der Waals surface area contributed by atoms with Crippen LogP contribution in [-0.2, 0) is 13.1 Å². The summed E-state index contributed by atoms with van der Waals surface area (Å²) in [6.45, 7) is 7.01. The number of rotatable bonds is 9. The van der Waals surface area contributed by atoms with E-state index < -0.39 is 11.7 Å². The molecule has 6 nitrogen and oxygen atoms in total. The number of carbonyl (C=O) groups is 1. The predicted molar refractivity (Wildman–Crippen MR) is 123 cm³/mol. The van der Waals surface area contributed by atoms with Gasteiger partial charge in [-0.2, -0.15) is 5.10 Å². The molecule has 0 atom stereocenters. The number of benzene rings is 2. The van der Waals surface area contributed by atoms with Gasteiger partial charge in [-0.05, 0) is 54.8 Å². The van der Waals surface area contributed by atoms with Crippen LogP contribution >= 0.6 is 11.6 Å². The first-order chi connectivity index (χ1) is 14.8. The summed E-state index contributed by atoms with van der Waals surface area (Å²) < 4.78 is 20.0. The predicted octanol–water partition coefficient (Wildman–Crippen LogP) is 4.38. The van der Waals surface area contributed by atoms with E-state index in [0.29, 0.717) is 35.4 Å². The van der Waals surface area contributed by atoms with Crippen molar-refractivity contribution in [3.05, 3.63) is 76.1 Å². The van der Waals surface area contributed by atoms with E-state index in [9.17, 15) is 9.18 Å². The highest BCUT2D eigenvalue weighted by atomic mass is 35.5. The Bertz CT molecular complexity index is 961. The van der Waals surface area contributed by atoms with Crippen LogP contribution in [0.15, 0.2) is 53.7 Å². The fraction of sp³-hybridized carbons (Fsp3) is 0.304. The number of hydrogen-bond donors (Lipinski definition) is 3. The summed E-state index contributed by atoms with van der Waals surface area (Å²) in [7, 11) is 0. The van der Waals surface area contributed by atoms with Crippen LogP contribution in [-0.4, -0.2) is 18.3 Å². The maximum atomic E-state index is 14.2. The minimum Gasteiger partial charge on any atom is -0.493 e. The molecule has 2 rings (SSSR count). The number of nitrogens with one attached hydrogen (secondary N) is 2. The lowest BCUT2D eigenvalue weighted by molar-refractivity contribution is 0.0973. The third kappa shape index (κ3) is 7.70. The summed E-state index contributed by atoms with van der Waals surface area (Å²) in [6.07, 6.45) is 3.32. The van der Waals surface area contributed by atoms with Crippen LogP contribution < -0.4 is 21.2 Å². The average Bonchev–Trinajstić information content (AvgIpc) is 2.72. The number of carbonyl (C=O) groups excluding carboxylic acids is 1. The van der Waals surface area contributed by atoms with E-state index in [2.05, 4.69) is 29.7 Å². The van der Waals surface area contributed by atoms with Gasteiger partial charge in [0.05, 0.1) is 18.7 Å². The third-order valence-corrected chi connectivity index (χ3v) is 4.38. The molecule has 0 bridgehead atoms. The van der Waals surface area contributed by atoms with Gasteiger partial charge < -0.3 is 21.2 Å². The van der Waals surface area contributed by atoms with Crippen molar-refractivity contribution in [2.75, 3.05) is 6.61 Å². The Morgan fingerprint density at radius 1 is 1.29 bits per heavy atom. The van der Waals surface area contributed by atoms with Gasteiger partial charge in [-0.15, -0.1) is 0 Å². The Morgan fingerprint density at radius 2 is 2.06 bits per heavy atom. The van der Waals surface area contributed by atoms with Gasteiger partial charge in [0.15, 0.2) is 5.84 Å². The van der Waals surface area contributed by atoms with Gasteiger partial charge in [-0.25, -0.2) is 4.39 Å². The van der Waals surface area contributed by atoms with Gasteiger partial charge in [-0.1, -0.05) is 37.6 Å². The molecule has 0 aliphatic rings. The molecule has 4 N–H and O–H groups in total. The zero-order chi connectivity index (χ0) is 22.8. The number of amides is 1. The lowest BCUT2D eigenvalue weighted by atomic mass is 10.1. The molecule has 0 saturated heterocycles. The van der Waals surface area contributed by atoms with Crippen LogP contribution in [0.4, 0.5) is 4.39 Å². The van der Waals surface area contributed by atoms with E-state index in [0.717, 1.165) is 5.56 Å². The molecule has 0 spiro atoms. The molecule has 0 radical (unpaired) electrons. The molecule has 0 aliphatic heterocycles. The molecular weight excluding hydrogens is 419 g/mol. The van der Waals surface area contributed by atoms with Crippen molar-refractivity contribution < 1.29 is 13.9 Å². The number of allylic oxidation sites excluding steroid dienone is 1. The monoisotopic (exact) mass is 446 g/mol. The Morgan fingerprint density at radius 3 is 2.71 bits per heavy atom. The standard InChI is InChI=1S/C23H28ClFN4O2/c1-4-5-22(28-23(30)19-8-6-16(12-26)10-20(19)25)29-27-13-17-11-18(24)7-9-21(17)31-14-15(2)3/h4-11,15,27H,12-14,26H2,1-3H3,(H,28,29,30)/b5-4+. The zero-order valence-corrected chi connectivity index (χ0v) is 18.7. The van der Waals surface area contributed by atoms with E-state index >= 15 is 0 Å². The van der Waals surface area contributed by atoms with Crippen molar-refractivity contribution in [1.82, 2.24) is 10.7 Å². The maximum Gasteiger partial charge on any atom is 0.259 e. The van der Waals surface area contributed by atoms with E-state index in [4.69, 9.17) is 22.1 Å².